The minimum Gasteiger partial charge on any atom is -0.339 e. The number of hydrogen-bond acceptors (Lipinski definition) is 4. The second-order valence-electron chi connectivity index (χ2n) is 3.63. The van der Waals surface area contributed by atoms with Crippen LogP contribution in [0.1, 0.15) is 6.42 Å². The SMILES string of the molecule is Cl.N[C@@H]1CCN(C(=O)[C@@H]2CSC(=O)N2)C1. The summed E-state index contributed by atoms with van der Waals surface area (Å²) in [5.74, 6) is 0.556. The van der Waals surface area contributed by atoms with Crippen LogP contribution in [0, 0.1) is 0 Å². The van der Waals surface area contributed by atoms with Crippen LogP contribution in [0.15, 0.2) is 0 Å². The molecule has 2 atom stereocenters. The minimum atomic E-state index is -0.335. The molecule has 0 aromatic carbocycles. The Morgan fingerprint density at radius 2 is 2.33 bits per heavy atom. The number of amides is 2. The Hall–Kier alpha value is -0.460. The second kappa shape index (κ2) is 5.05. The van der Waals surface area contributed by atoms with E-state index in [0.29, 0.717) is 12.3 Å². The monoisotopic (exact) mass is 251 g/mol. The van der Waals surface area contributed by atoms with E-state index in [1.54, 1.807) is 4.90 Å². The number of carbonyl (C=O) groups is 2. The van der Waals surface area contributed by atoms with Crippen LogP contribution < -0.4 is 11.1 Å². The minimum absolute atomic E-state index is 0. The van der Waals surface area contributed by atoms with Gasteiger partial charge in [0.15, 0.2) is 0 Å². The molecule has 2 amide bonds. The van der Waals surface area contributed by atoms with Gasteiger partial charge in [0.25, 0.3) is 5.24 Å². The van der Waals surface area contributed by atoms with Crippen LogP contribution in [0.25, 0.3) is 0 Å². The summed E-state index contributed by atoms with van der Waals surface area (Å²) in [6.07, 6.45) is 0.861. The molecule has 2 aliphatic rings. The maximum Gasteiger partial charge on any atom is 0.279 e. The van der Waals surface area contributed by atoms with E-state index in [9.17, 15) is 9.59 Å². The lowest BCUT2D eigenvalue weighted by molar-refractivity contribution is -0.131. The van der Waals surface area contributed by atoms with E-state index < -0.39 is 0 Å². The molecule has 0 radical (unpaired) electrons. The van der Waals surface area contributed by atoms with E-state index in [1.165, 1.54) is 0 Å². The molecule has 2 saturated heterocycles. The summed E-state index contributed by atoms with van der Waals surface area (Å²) in [4.78, 5) is 24.4. The molecule has 0 saturated carbocycles. The molecule has 0 unspecified atom stereocenters. The number of thioether (sulfide) groups is 1. The number of carbonyl (C=O) groups excluding carboxylic acids is 2. The normalized spacial score (nSPS) is 29.9. The molecule has 0 bridgehead atoms. The highest BCUT2D eigenvalue weighted by Crippen LogP contribution is 2.17. The Kier molecular flexibility index (Phi) is 4.24. The average molecular weight is 252 g/mol. The van der Waals surface area contributed by atoms with Crippen molar-refractivity contribution in [2.24, 2.45) is 5.73 Å². The molecule has 5 nitrogen and oxygen atoms in total. The Labute approximate surface area is 98.5 Å². The number of hydrogen-bond donors (Lipinski definition) is 2. The van der Waals surface area contributed by atoms with Crippen LogP contribution in [0.2, 0.25) is 0 Å². The van der Waals surface area contributed by atoms with Gasteiger partial charge in [-0.25, -0.2) is 0 Å². The summed E-state index contributed by atoms with van der Waals surface area (Å²) in [7, 11) is 0. The molecule has 0 aliphatic carbocycles. The van der Waals surface area contributed by atoms with Gasteiger partial charge in [-0.15, -0.1) is 12.4 Å². The van der Waals surface area contributed by atoms with Crippen molar-refractivity contribution in [2.75, 3.05) is 18.8 Å². The first kappa shape index (κ1) is 12.6. The first-order valence-corrected chi connectivity index (χ1v) is 5.63. The average Bonchev–Trinajstić information content (AvgIpc) is 2.73. The third-order valence-corrected chi connectivity index (χ3v) is 3.39. The summed E-state index contributed by atoms with van der Waals surface area (Å²) in [5.41, 5.74) is 5.70. The molecular weight excluding hydrogens is 238 g/mol. The zero-order valence-electron chi connectivity index (χ0n) is 8.14. The van der Waals surface area contributed by atoms with Gasteiger partial charge >= 0.3 is 0 Å². The maximum atomic E-state index is 11.8. The fraction of sp³-hybridized carbons (Fsp3) is 0.750. The van der Waals surface area contributed by atoms with Crippen molar-refractivity contribution in [1.29, 1.82) is 0 Å². The van der Waals surface area contributed by atoms with Crippen molar-refractivity contribution in [3.63, 3.8) is 0 Å². The lowest BCUT2D eigenvalue weighted by atomic mass is 10.3. The van der Waals surface area contributed by atoms with Gasteiger partial charge in [-0.3, -0.25) is 9.59 Å². The smallest absolute Gasteiger partial charge is 0.279 e. The van der Waals surface area contributed by atoms with Crippen LogP contribution in [0.4, 0.5) is 4.79 Å². The van der Waals surface area contributed by atoms with Gasteiger partial charge < -0.3 is 16.0 Å². The number of halogens is 1. The van der Waals surface area contributed by atoms with Gasteiger partial charge in [0.2, 0.25) is 5.91 Å². The van der Waals surface area contributed by atoms with E-state index in [0.717, 1.165) is 24.7 Å². The molecule has 15 heavy (non-hydrogen) atoms. The maximum absolute atomic E-state index is 11.8. The van der Waals surface area contributed by atoms with Crippen LogP contribution in [-0.4, -0.2) is 47.0 Å². The number of nitrogens with one attached hydrogen (secondary N) is 1. The third kappa shape index (κ3) is 2.76. The lowest BCUT2D eigenvalue weighted by Crippen LogP contribution is -2.45. The molecule has 7 heteroatoms. The third-order valence-electron chi connectivity index (χ3n) is 2.51. The summed E-state index contributed by atoms with van der Waals surface area (Å²) in [6.45, 7) is 1.34. The molecule has 0 aromatic rings. The quantitative estimate of drug-likeness (QED) is 0.677. The summed E-state index contributed by atoms with van der Waals surface area (Å²) >= 11 is 1.16. The van der Waals surface area contributed by atoms with Gasteiger partial charge in [-0.2, -0.15) is 0 Å². The summed E-state index contributed by atoms with van der Waals surface area (Å²) in [6, 6.07) is -0.235. The first-order chi connectivity index (χ1) is 6.66. The predicted octanol–water partition coefficient (Wildman–Crippen LogP) is -0.207. The van der Waals surface area contributed by atoms with Gasteiger partial charge in [-0.05, 0) is 6.42 Å². The van der Waals surface area contributed by atoms with E-state index in [-0.39, 0.29) is 35.6 Å². The fourth-order valence-corrected chi connectivity index (χ4v) is 2.50. The fourth-order valence-electron chi connectivity index (χ4n) is 1.73. The number of rotatable bonds is 1. The van der Waals surface area contributed by atoms with Gasteiger partial charge in [0.05, 0.1) is 0 Å². The van der Waals surface area contributed by atoms with Crippen LogP contribution in [-0.2, 0) is 4.79 Å². The van der Waals surface area contributed by atoms with E-state index in [4.69, 9.17) is 5.73 Å². The number of nitrogens with zero attached hydrogens (tertiary/aromatic N) is 1. The van der Waals surface area contributed by atoms with Gasteiger partial charge in [0, 0.05) is 24.9 Å². The summed E-state index contributed by atoms with van der Waals surface area (Å²) < 4.78 is 0. The molecule has 2 aliphatic heterocycles. The Morgan fingerprint density at radius 1 is 1.60 bits per heavy atom. The molecule has 0 aromatic heterocycles. The highest BCUT2D eigenvalue weighted by Gasteiger charge is 2.33. The van der Waals surface area contributed by atoms with E-state index in [1.807, 2.05) is 0 Å². The number of nitrogens with two attached hydrogens (primary N) is 1. The Balaban J connectivity index is 0.00000112. The van der Waals surface area contributed by atoms with Crippen molar-refractivity contribution in [3.05, 3.63) is 0 Å². The predicted molar refractivity (Wildman–Crippen MR) is 61.2 cm³/mol. The molecular formula is C8H14ClN3O2S. The largest absolute Gasteiger partial charge is 0.339 e. The van der Waals surface area contributed by atoms with Crippen molar-refractivity contribution in [1.82, 2.24) is 10.2 Å². The van der Waals surface area contributed by atoms with Crippen molar-refractivity contribution < 1.29 is 9.59 Å². The van der Waals surface area contributed by atoms with Crippen molar-refractivity contribution in [3.8, 4) is 0 Å². The zero-order chi connectivity index (χ0) is 10.1. The molecule has 2 fully saturated rings. The van der Waals surface area contributed by atoms with Crippen LogP contribution in [0.3, 0.4) is 0 Å². The molecule has 2 rings (SSSR count). The van der Waals surface area contributed by atoms with Crippen molar-refractivity contribution >= 4 is 35.3 Å². The molecule has 0 spiro atoms. The Bertz CT molecular complexity index is 277. The van der Waals surface area contributed by atoms with E-state index in [2.05, 4.69) is 5.32 Å². The van der Waals surface area contributed by atoms with Gasteiger partial charge in [-0.1, -0.05) is 11.8 Å². The topological polar surface area (TPSA) is 75.4 Å². The van der Waals surface area contributed by atoms with Crippen LogP contribution in [0.5, 0.6) is 0 Å². The highest BCUT2D eigenvalue weighted by atomic mass is 35.5. The standard InChI is InChI=1S/C8H13N3O2S.ClH/c9-5-1-2-11(3-5)7(12)6-4-14-8(13)10-6;/h5-6H,1-4,9H2,(H,10,13);1H/t5-,6+;/m1./s1. The van der Waals surface area contributed by atoms with E-state index >= 15 is 0 Å². The molecule has 3 N–H and O–H groups in total. The number of likely N-dealkylation sites (tertiary alicyclic amines) is 1. The second-order valence-corrected chi connectivity index (χ2v) is 4.62. The Morgan fingerprint density at radius 3 is 2.80 bits per heavy atom. The summed E-state index contributed by atoms with van der Waals surface area (Å²) in [5, 5.41) is 2.53. The first-order valence-electron chi connectivity index (χ1n) is 4.64. The van der Waals surface area contributed by atoms with Crippen LogP contribution >= 0.6 is 24.2 Å². The highest BCUT2D eigenvalue weighted by molar-refractivity contribution is 8.14. The zero-order valence-corrected chi connectivity index (χ0v) is 9.77. The lowest BCUT2D eigenvalue weighted by Gasteiger charge is -2.19. The van der Waals surface area contributed by atoms with Crippen molar-refractivity contribution in [2.45, 2.75) is 18.5 Å². The molecule has 2 heterocycles. The van der Waals surface area contributed by atoms with Gasteiger partial charge in [0.1, 0.15) is 6.04 Å². The molecule has 86 valence electrons.